The number of rotatable bonds is 12. The highest BCUT2D eigenvalue weighted by Crippen LogP contribution is 2.62. The molecule has 0 aromatic heterocycles. The van der Waals surface area contributed by atoms with Gasteiger partial charge in [-0.05, 0) is 103 Å². The van der Waals surface area contributed by atoms with Gasteiger partial charge in [-0.25, -0.2) is 0 Å². The van der Waals surface area contributed by atoms with Gasteiger partial charge < -0.3 is 14.0 Å². The molecule has 0 spiro atoms. The molecule has 3 fully saturated rings. The Morgan fingerprint density at radius 2 is 1.15 bits per heavy atom. The van der Waals surface area contributed by atoms with Crippen LogP contribution in [0.25, 0.3) is 0 Å². The minimum absolute atomic E-state index is 0.0296. The quantitative estimate of drug-likeness (QED) is 0.114. The van der Waals surface area contributed by atoms with E-state index in [1.54, 1.807) is 5.57 Å². The van der Waals surface area contributed by atoms with Gasteiger partial charge in [-0.1, -0.05) is 220 Å². The molecule has 0 heterocycles. The molecule has 3 nitrogen and oxygen atoms in total. The molecule has 0 amide bonds. The fraction of sp³-hybridized carbons (Fsp3) is 0.439. The summed E-state index contributed by atoms with van der Waals surface area (Å²) < 4.78 is 16.1. The molecular weight excluding hydrogens is 789 g/mol. The number of hydrogen-bond acceptors (Lipinski definition) is 3. The van der Waals surface area contributed by atoms with Crippen LogP contribution in [0.15, 0.2) is 169 Å². The zero-order chi connectivity index (χ0) is 44.4. The Morgan fingerprint density at radius 1 is 0.677 bits per heavy atom. The maximum atomic E-state index is 9.68. The van der Waals surface area contributed by atoms with E-state index in [0.717, 1.165) is 24.8 Å². The third-order valence-corrected chi connectivity index (χ3v) is 25.4. The van der Waals surface area contributed by atoms with Crippen molar-refractivity contribution in [2.45, 2.75) is 130 Å². The lowest BCUT2D eigenvalue weighted by Crippen LogP contribution is -2.69. The first-order chi connectivity index (χ1) is 29.5. The SMILES string of the molecule is C=C1/C(=C/C=C2\CCC[C@]3(C)[C@@H](C(C)(C)/C=C/CO)CC[C@@H]23)C[C@@H](O[Si](c2ccccc2)(c2ccccc2)C(C)(C)C)C[C@@H]1O[Si](c1ccccc1)(c1ccccc1)C(C)(C)C. The van der Waals surface area contributed by atoms with Crippen molar-refractivity contribution in [1.82, 2.24) is 0 Å². The van der Waals surface area contributed by atoms with Gasteiger partial charge >= 0.3 is 0 Å². The van der Waals surface area contributed by atoms with Crippen molar-refractivity contribution in [3.05, 3.63) is 169 Å². The van der Waals surface area contributed by atoms with Crippen molar-refractivity contribution in [1.29, 1.82) is 0 Å². The van der Waals surface area contributed by atoms with Crippen LogP contribution in [0.3, 0.4) is 0 Å². The van der Waals surface area contributed by atoms with E-state index in [0.29, 0.717) is 11.8 Å². The van der Waals surface area contributed by atoms with Crippen molar-refractivity contribution in [2.75, 3.05) is 6.61 Å². The van der Waals surface area contributed by atoms with Crippen LogP contribution >= 0.6 is 0 Å². The largest absolute Gasteiger partial charge is 0.404 e. The predicted molar refractivity (Wildman–Crippen MR) is 268 cm³/mol. The molecule has 0 bridgehead atoms. The highest BCUT2D eigenvalue weighted by Gasteiger charge is 2.56. The molecule has 1 N–H and O–H groups in total. The topological polar surface area (TPSA) is 38.7 Å². The minimum atomic E-state index is -2.95. The van der Waals surface area contributed by atoms with E-state index in [2.05, 4.69) is 202 Å². The highest BCUT2D eigenvalue weighted by molar-refractivity contribution is 7.00. The lowest BCUT2D eigenvalue weighted by molar-refractivity contribution is 0.0715. The zero-order valence-corrected chi connectivity index (χ0v) is 41.3. The van der Waals surface area contributed by atoms with E-state index in [-0.39, 0.29) is 39.7 Å². The Kier molecular flexibility index (Phi) is 13.6. The van der Waals surface area contributed by atoms with Gasteiger partial charge in [0.05, 0.1) is 18.8 Å². The Morgan fingerprint density at radius 3 is 1.60 bits per heavy atom. The molecule has 0 aliphatic heterocycles. The molecule has 5 heteroatoms. The van der Waals surface area contributed by atoms with E-state index >= 15 is 0 Å². The number of allylic oxidation sites excluding steroid dienone is 4. The van der Waals surface area contributed by atoms with Crippen molar-refractivity contribution in [3.8, 4) is 0 Å². The lowest BCUT2D eigenvalue weighted by Gasteiger charge is -2.49. The van der Waals surface area contributed by atoms with Gasteiger partial charge in [-0.2, -0.15) is 0 Å². The van der Waals surface area contributed by atoms with E-state index in [1.165, 1.54) is 52.0 Å². The molecule has 3 aliphatic rings. The third-order valence-electron chi connectivity index (χ3n) is 15.2. The lowest BCUT2D eigenvalue weighted by atomic mass is 9.57. The Balaban J connectivity index is 1.36. The van der Waals surface area contributed by atoms with Crippen molar-refractivity contribution >= 4 is 37.4 Å². The molecule has 0 saturated heterocycles. The summed E-state index contributed by atoms with van der Waals surface area (Å²) in [6.07, 6.45) is 16.4. The molecule has 4 aromatic rings. The second-order valence-corrected chi connectivity index (χ2v) is 30.0. The second-order valence-electron chi connectivity index (χ2n) is 21.5. The predicted octanol–water partition coefficient (Wildman–Crippen LogP) is 11.9. The van der Waals surface area contributed by atoms with Crippen LogP contribution in [0.1, 0.15) is 107 Å². The van der Waals surface area contributed by atoms with E-state index in [4.69, 9.17) is 15.4 Å². The Hall–Kier alpha value is -3.85. The fourth-order valence-electron chi connectivity index (χ4n) is 12.4. The minimum Gasteiger partial charge on any atom is -0.404 e. The molecule has 7 rings (SSSR count). The van der Waals surface area contributed by atoms with Crippen molar-refractivity contribution in [2.24, 2.45) is 22.7 Å². The second kappa shape index (κ2) is 18.3. The van der Waals surface area contributed by atoms with Crippen LogP contribution in [0, 0.1) is 22.7 Å². The van der Waals surface area contributed by atoms with Crippen LogP contribution in [-0.2, 0) is 8.85 Å². The van der Waals surface area contributed by atoms with Crippen LogP contribution < -0.4 is 20.7 Å². The third kappa shape index (κ3) is 8.70. The summed E-state index contributed by atoms with van der Waals surface area (Å²) in [5.41, 5.74) is 4.18. The number of hydrogen-bond donors (Lipinski definition) is 1. The molecule has 62 heavy (non-hydrogen) atoms. The average Bonchev–Trinajstić information content (AvgIpc) is 3.63. The summed E-state index contributed by atoms with van der Waals surface area (Å²) in [5.74, 6) is 1.11. The van der Waals surface area contributed by atoms with E-state index in [1.807, 2.05) is 6.08 Å². The van der Waals surface area contributed by atoms with Gasteiger partial charge in [0.2, 0.25) is 0 Å². The summed E-state index contributed by atoms with van der Waals surface area (Å²) in [6, 6.07) is 44.3. The van der Waals surface area contributed by atoms with Gasteiger partial charge in [0, 0.05) is 6.42 Å². The maximum absolute atomic E-state index is 9.68. The summed E-state index contributed by atoms with van der Waals surface area (Å²) in [7, 11) is -5.84. The number of benzene rings is 4. The Labute approximate surface area is 377 Å². The first-order valence-corrected chi connectivity index (χ1v) is 27.2. The van der Waals surface area contributed by atoms with Gasteiger partial charge in [0.25, 0.3) is 16.6 Å². The summed E-state index contributed by atoms with van der Waals surface area (Å²) in [4.78, 5) is 0. The van der Waals surface area contributed by atoms with Crippen molar-refractivity contribution < 1.29 is 14.0 Å². The maximum Gasteiger partial charge on any atom is 0.261 e. The zero-order valence-electron chi connectivity index (χ0n) is 39.3. The molecule has 328 valence electrons. The number of fused-ring (bicyclic) bond motifs is 1. The normalized spacial score (nSPS) is 25.4. The number of aliphatic hydroxyl groups is 1. The molecule has 3 aliphatic carbocycles. The molecule has 0 radical (unpaired) electrons. The summed E-state index contributed by atoms with van der Waals surface area (Å²) >= 11 is 0. The first kappa shape index (κ1) is 46.2. The van der Waals surface area contributed by atoms with Crippen molar-refractivity contribution in [3.63, 3.8) is 0 Å². The standard InChI is InChI=1S/C57H74O3Si2/c1-43-45(35-34-44-25-23-39-57(10)51(44)36-37-53(57)56(8,9)38-24-40-58)41-46(59-61(54(2,3)4,47-26-15-11-16-27-47)48-28-17-12-18-29-48)42-52(43)60-62(55(5,6)7,49-30-19-13-20-31-49)50-32-21-14-22-33-50/h11-22,24,26-35,38,46,51-53,58H,1,23,25,36-37,39-42H2,2-10H3/b38-24+,44-34+,45-35+/t46-,51+,52+,53-,57+/m1/s1. The van der Waals surface area contributed by atoms with Gasteiger partial charge in [0.1, 0.15) is 0 Å². The van der Waals surface area contributed by atoms with Crippen LogP contribution in [0.4, 0.5) is 0 Å². The highest BCUT2D eigenvalue weighted by atomic mass is 28.4. The van der Waals surface area contributed by atoms with Crippen LogP contribution in [0.2, 0.25) is 10.1 Å². The van der Waals surface area contributed by atoms with Crippen LogP contribution in [-0.4, -0.2) is 40.6 Å². The molecule has 4 aromatic carbocycles. The summed E-state index contributed by atoms with van der Waals surface area (Å²) in [5, 5.41) is 14.5. The molecular formula is C57H74O3Si2. The monoisotopic (exact) mass is 863 g/mol. The van der Waals surface area contributed by atoms with Crippen LogP contribution in [0.5, 0.6) is 0 Å². The molecule has 0 unspecified atom stereocenters. The van der Waals surface area contributed by atoms with Gasteiger partial charge in [-0.3, -0.25) is 0 Å². The molecule has 3 saturated carbocycles. The number of aliphatic hydroxyl groups excluding tert-OH is 1. The fourth-order valence-corrected chi connectivity index (χ4v) is 21.8. The van der Waals surface area contributed by atoms with E-state index in [9.17, 15) is 5.11 Å². The smallest absolute Gasteiger partial charge is 0.261 e. The Bertz CT molecular complexity index is 2130. The average molecular weight is 863 g/mol. The van der Waals surface area contributed by atoms with E-state index < -0.39 is 16.6 Å². The molecule has 5 atom stereocenters. The first-order valence-electron chi connectivity index (χ1n) is 23.4. The van der Waals surface area contributed by atoms with Gasteiger partial charge in [-0.15, -0.1) is 0 Å². The van der Waals surface area contributed by atoms with Gasteiger partial charge in [0.15, 0.2) is 0 Å². The summed E-state index contributed by atoms with van der Waals surface area (Å²) in [6.45, 7) is 26.7.